The third-order valence-electron chi connectivity index (χ3n) is 3.82. The third-order valence-corrected chi connectivity index (χ3v) is 3.82. The summed E-state index contributed by atoms with van der Waals surface area (Å²) in [5.74, 6) is -0.630. The van der Waals surface area contributed by atoms with Gasteiger partial charge in [-0.05, 0) is 20.8 Å². The molecule has 1 aromatic heterocycles. The lowest BCUT2D eigenvalue weighted by molar-refractivity contribution is -0.395. The van der Waals surface area contributed by atoms with Gasteiger partial charge in [-0.25, -0.2) is 0 Å². The van der Waals surface area contributed by atoms with E-state index in [9.17, 15) is 25.0 Å². The van der Waals surface area contributed by atoms with Gasteiger partial charge in [0.05, 0.1) is 21.1 Å². The molecule has 2 aromatic rings. The molecule has 0 unspecified atom stereocenters. The van der Waals surface area contributed by atoms with Gasteiger partial charge in [0.25, 0.3) is 17.3 Å². The van der Waals surface area contributed by atoms with Crippen molar-refractivity contribution >= 4 is 17.3 Å². The van der Waals surface area contributed by atoms with Crippen molar-refractivity contribution in [3.63, 3.8) is 0 Å². The van der Waals surface area contributed by atoms with Gasteiger partial charge in [-0.15, -0.1) is 0 Å². The van der Waals surface area contributed by atoms with Gasteiger partial charge in [0.2, 0.25) is 0 Å². The van der Waals surface area contributed by atoms with Crippen LogP contribution in [0.2, 0.25) is 0 Å². The van der Waals surface area contributed by atoms with Crippen molar-refractivity contribution in [1.29, 1.82) is 0 Å². The molecule has 0 fully saturated rings. The smallest absolute Gasteiger partial charge is 0.279 e. The Morgan fingerprint density at radius 2 is 1.76 bits per heavy atom. The van der Waals surface area contributed by atoms with Crippen LogP contribution in [0.1, 0.15) is 34.1 Å². The second-order valence-corrected chi connectivity index (χ2v) is 5.43. The molecule has 10 nitrogen and oxygen atoms in total. The Morgan fingerprint density at radius 3 is 2.20 bits per heavy atom. The van der Waals surface area contributed by atoms with Crippen LogP contribution in [-0.2, 0) is 13.1 Å². The number of aromatic nitrogens is 2. The third kappa shape index (κ3) is 3.79. The molecular weight excluding hydrogens is 330 g/mol. The maximum absolute atomic E-state index is 12.3. The number of rotatable bonds is 6. The lowest BCUT2D eigenvalue weighted by Crippen LogP contribution is -2.23. The summed E-state index contributed by atoms with van der Waals surface area (Å²) in [6.07, 6.45) is 1.79. The molecule has 0 aliphatic carbocycles. The van der Waals surface area contributed by atoms with Gasteiger partial charge >= 0.3 is 0 Å². The highest BCUT2D eigenvalue weighted by Gasteiger charge is 2.25. The number of amides is 1. The number of aryl methyl sites for hydroxylation is 2. The molecule has 0 bridgehead atoms. The fraction of sp³-hybridized carbons (Fsp3) is 0.333. The second kappa shape index (κ2) is 7.07. The lowest BCUT2D eigenvalue weighted by Gasteiger charge is -2.06. The Kier molecular flexibility index (Phi) is 5.11. The molecule has 10 heteroatoms. The van der Waals surface area contributed by atoms with Crippen molar-refractivity contribution in [1.82, 2.24) is 15.1 Å². The maximum Gasteiger partial charge on any atom is 0.279 e. The first kappa shape index (κ1) is 18.0. The molecule has 1 aromatic carbocycles. The number of carbonyl (C=O) groups is 1. The normalized spacial score (nSPS) is 10.5. The zero-order chi connectivity index (χ0) is 18.7. The zero-order valence-corrected chi connectivity index (χ0v) is 14.0. The highest BCUT2D eigenvalue weighted by atomic mass is 16.6. The zero-order valence-electron chi connectivity index (χ0n) is 14.0. The standard InChI is InChI=1S/C15H17N5O5/c1-4-18-8-12(10(3)17-18)7-16-15(21)11-5-13(19(22)23)9(2)14(6-11)20(24)25/h5-6,8H,4,7H2,1-3H3,(H,16,21). The van der Waals surface area contributed by atoms with Crippen molar-refractivity contribution in [2.75, 3.05) is 0 Å². The average molecular weight is 347 g/mol. The molecule has 0 radical (unpaired) electrons. The van der Waals surface area contributed by atoms with Crippen molar-refractivity contribution < 1.29 is 14.6 Å². The van der Waals surface area contributed by atoms with E-state index >= 15 is 0 Å². The number of nitro groups is 2. The van der Waals surface area contributed by atoms with E-state index in [-0.39, 0.29) is 17.7 Å². The molecule has 1 N–H and O–H groups in total. The van der Waals surface area contributed by atoms with E-state index in [0.29, 0.717) is 6.54 Å². The highest BCUT2D eigenvalue weighted by molar-refractivity contribution is 5.96. The van der Waals surface area contributed by atoms with Crippen molar-refractivity contribution in [3.05, 3.63) is 60.9 Å². The molecule has 2 rings (SSSR count). The van der Waals surface area contributed by atoms with Crippen LogP contribution in [0.15, 0.2) is 18.3 Å². The van der Waals surface area contributed by atoms with Gasteiger partial charge < -0.3 is 5.32 Å². The molecule has 0 spiro atoms. The van der Waals surface area contributed by atoms with E-state index in [1.54, 1.807) is 17.8 Å². The van der Waals surface area contributed by atoms with Crippen molar-refractivity contribution in [2.45, 2.75) is 33.9 Å². The minimum Gasteiger partial charge on any atom is -0.348 e. The lowest BCUT2D eigenvalue weighted by atomic mass is 10.1. The van der Waals surface area contributed by atoms with Gasteiger partial charge in [0.15, 0.2) is 0 Å². The molecule has 25 heavy (non-hydrogen) atoms. The summed E-state index contributed by atoms with van der Waals surface area (Å²) in [6.45, 7) is 5.86. The van der Waals surface area contributed by atoms with Gasteiger partial charge in [-0.2, -0.15) is 5.10 Å². The van der Waals surface area contributed by atoms with Crippen LogP contribution in [0, 0.1) is 34.1 Å². The summed E-state index contributed by atoms with van der Waals surface area (Å²) in [4.78, 5) is 32.9. The molecule has 0 aliphatic heterocycles. The number of benzene rings is 1. The number of nitrogens with one attached hydrogen (secondary N) is 1. The minimum absolute atomic E-state index is 0.0911. The second-order valence-electron chi connectivity index (χ2n) is 5.43. The predicted molar refractivity (Wildman–Crippen MR) is 88.3 cm³/mol. The summed E-state index contributed by atoms with van der Waals surface area (Å²) in [5, 5.41) is 29.0. The topological polar surface area (TPSA) is 133 Å². The Bertz CT molecular complexity index is 823. The first-order chi connectivity index (χ1) is 11.7. The quantitative estimate of drug-likeness (QED) is 0.629. The van der Waals surface area contributed by atoms with Crippen LogP contribution in [0.4, 0.5) is 11.4 Å². The van der Waals surface area contributed by atoms with E-state index in [1.807, 2.05) is 6.92 Å². The highest BCUT2D eigenvalue weighted by Crippen LogP contribution is 2.29. The number of carbonyl (C=O) groups excluding carboxylic acids is 1. The molecule has 0 aliphatic rings. The van der Waals surface area contributed by atoms with Gasteiger partial charge in [-0.3, -0.25) is 29.7 Å². The van der Waals surface area contributed by atoms with Crippen LogP contribution >= 0.6 is 0 Å². The molecular formula is C15H17N5O5. The minimum atomic E-state index is -0.742. The van der Waals surface area contributed by atoms with E-state index < -0.39 is 27.1 Å². The molecule has 1 heterocycles. The average Bonchev–Trinajstić information content (AvgIpc) is 2.92. The van der Waals surface area contributed by atoms with E-state index in [2.05, 4.69) is 10.4 Å². The number of nitro benzene ring substituents is 2. The van der Waals surface area contributed by atoms with E-state index in [1.165, 1.54) is 6.92 Å². The molecule has 1 amide bonds. The first-order valence-electron chi connectivity index (χ1n) is 7.49. The maximum atomic E-state index is 12.3. The van der Waals surface area contributed by atoms with Crippen molar-refractivity contribution in [3.8, 4) is 0 Å². The predicted octanol–water partition coefficient (Wildman–Crippen LogP) is 2.27. The number of hydrogen-bond donors (Lipinski definition) is 1. The fourth-order valence-electron chi connectivity index (χ4n) is 2.37. The molecule has 0 atom stereocenters. The monoisotopic (exact) mass is 347 g/mol. The van der Waals surface area contributed by atoms with Crippen LogP contribution in [-0.4, -0.2) is 25.5 Å². The van der Waals surface area contributed by atoms with Crippen molar-refractivity contribution in [2.24, 2.45) is 0 Å². The summed E-state index contributed by atoms with van der Waals surface area (Å²) < 4.78 is 1.72. The molecule has 132 valence electrons. The van der Waals surface area contributed by atoms with Crippen LogP contribution in [0.5, 0.6) is 0 Å². The first-order valence-corrected chi connectivity index (χ1v) is 7.49. The van der Waals surface area contributed by atoms with Crippen LogP contribution < -0.4 is 5.32 Å². The van der Waals surface area contributed by atoms with Gasteiger partial charge in [-0.1, -0.05) is 0 Å². The van der Waals surface area contributed by atoms with E-state index in [0.717, 1.165) is 23.4 Å². The molecule has 0 saturated heterocycles. The van der Waals surface area contributed by atoms with Gasteiger partial charge in [0.1, 0.15) is 5.56 Å². The largest absolute Gasteiger partial charge is 0.348 e. The SMILES string of the molecule is CCn1cc(CNC(=O)c2cc([N+](=O)[O-])c(C)c([N+](=O)[O-])c2)c(C)n1. The summed E-state index contributed by atoms with van der Waals surface area (Å²) >= 11 is 0. The molecule has 0 saturated carbocycles. The Balaban J connectivity index is 2.27. The number of hydrogen-bond acceptors (Lipinski definition) is 6. The van der Waals surface area contributed by atoms with E-state index in [4.69, 9.17) is 0 Å². The Morgan fingerprint density at radius 1 is 1.20 bits per heavy atom. The van der Waals surface area contributed by atoms with Crippen LogP contribution in [0.25, 0.3) is 0 Å². The van der Waals surface area contributed by atoms with Gasteiger partial charge in [0, 0.05) is 37.0 Å². The Hall–Kier alpha value is -3.30. The number of nitrogens with zero attached hydrogens (tertiary/aromatic N) is 4. The summed E-state index contributed by atoms with van der Waals surface area (Å²) in [6, 6.07) is 2.08. The summed E-state index contributed by atoms with van der Waals surface area (Å²) in [5.41, 5.74) is 0.397. The van der Waals surface area contributed by atoms with Crippen LogP contribution in [0.3, 0.4) is 0 Å². The summed E-state index contributed by atoms with van der Waals surface area (Å²) in [7, 11) is 0. The Labute approximate surface area is 142 Å². The fourth-order valence-corrected chi connectivity index (χ4v) is 2.37.